The third kappa shape index (κ3) is 36.0. The first-order valence-corrected chi connectivity index (χ1v) is 25.6. The monoisotopic (exact) mass is 680 g/mol. The van der Waals surface area contributed by atoms with Gasteiger partial charge in [0, 0.05) is 7.26 Å². The van der Waals surface area contributed by atoms with E-state index in [2.05, 4.69) is 27.7 Å². The fourth-order valence-corrected chi connectivity index (χ4v) is 13.0. The maximum atomic E-state index is 2.34. The zero-order chi connectivity index (χ0) is 34.2. The van der Waals surface area contributed by atoms with Gasteiger partial charge in [-0.15, -0.1) is 0 Å². The van der Waals surface area contributed by atoms with Crippen LogP contribution in [0.4, 0.5) is 0 Å². The van der Waals surface area contributed by atoms with Gasteiger partial charge >= 0.3 is 0 Å². The molecule has 0 unspecified atom stereocenters. The van der Waals surface area contributed by atoms with Crippen molar-refractivity contribution in [2.45, 2.75) is 272 Å². The lowest BCUT2D eigenvalue weighted by Gasteiger charge is -2.28. The van der Waals surface area contributed by atoms with Gasteiger partial charge in [-0.05, 0) is 51.4 Å². The lowest BCUT2D eigenvalue weighted by Crippen LogP contribution is -2.13. The maximum Gasteiger partial charge on any atom is 0.0594 e. The first kappa shape index (κ1) is 47.4. The van der Waals surface area contributed by atoms with E-state index in [1.165, 1.54) is 218 Å². The Morgan fingerprint density at radius 2 is 0.298 bits per heavy atom. The number of hydrogen-bond acceptors (Lipinski definition) is 0. The van der Waals surface area contributed by atoms with Crippen LogP contribution in [0.15, 0.2) is 0 Å². The highest BCUT2D eigenvalue weighted by Crippen LogP contribution is 2.61. The zero-order valence-electron chi connectivity index (χ0n) is 34.1. The van der Waals surface area contributed by atoms with Crippen LogP contribution in [0, 0.1) is 0 Å². The Hall–Kier alpha value is 0.430. The molecule has 284 valence electrons. The van der Waals surface area contributed by atoms with Crippen LogP contribution in [-0.4, -0.2) is 24.6 Å². The predicted molar refractivity (Wildman–Crippen MR) is 225 cm³/mol. The van der Waals surface area contributed by atoms with Crippen LogP contribution in [0.25, 0.3) is 0 Å². The second-order valence-electron chi connectivity index (χ2n) is 16.3. The molecule has 0 aromatic rings. The Kier molecular flexibility index (Phi) is 41.2. The van der Waals surface area contributed by atoms with E-state index in [-0.39, 0.29) is 0 Å². The van der Waals surface area contributed by atoms with Gasteiger partial charge < -0.3 is 0 Å². The van der Waals surface area contributed by atoms with Crippen molar-refractivity contribution < 1.29 is 0 Å². The minimum absolute atomic E-state index is 0.784. The normalized spacial score (nSPS) is 12.0. The van der Waals surface area contributed by atoms with Gasteiger partial charge in [0.15, 0.2) is 0 Å². The van der Waals surface area contributed by atoms with E-state index in [9.17, 15) is 0 Å². The summed E-state index contributed by atoms with van der Waals surface area (Å²) in [5, 5.41) is 0. The average Bonchev–Trinajstić information content (AvgIpc) is 3.08. The Morgan fingerprint density at radius 1 is 0.170 bits per heavy atom. The summed E-state index contributed by atoms with van der Waals surface area (Å²) in [6.07, 6.45) is 63.2. The third-order valence-electron chi connectivity index (χ3n) is 11.4. The van der Waals surface area contributed by atoms with Crippen LogP contribution in [0.1, 0.15) is 272 Å². The highest BCUT2D eigenvalue weighted by atomic mass is 31.2. The third-order valence-corrected chi connectivity index (χ3v) is 16.5. The van der Waals surface area contributed by atoms with Crippen LogP contribution >= 0.6 is 7.26 Å². The zero-order valence-corrected chi connectivity index (χ0v) is 35.0. The quantitative estimate of drug-likeness (QED) is 0.0445. The van der Waals surface area contributed by atoms with Gasteiger partial charge in [0.2, 0.25) is 0 Å². The molecule has 0 amide bonds. The summed E-state index contributed by atoms with van der Waals surface area (Å²) < 4.78 is 0. The standard InChI is InChI=1S/C46H96P/c1-5-9-13-17-21-25-26-30-34-38-42-46-47(43-39-35-31-27-22-18-14-10-6-2,44-40-36-32-28-23-19-15-11-7-3)45-41-37-33-29-24-20-16-12-8-4/h5-46H2,1-4H3/q+1. The maximum absolute atomic E-state index is 2.34. The summed E-state index contributed by atoms with van der Waals surface area (Å²) in [5.74, 6) is 0. The van der Waals surface area contributed by atoms with Gasteiger partial charge in [-0.25, -0.2) is 0 Å². The van der Waals surface area contributed by atoms with E-state index in [4.69, 9.17) is 0 Å². The van der Waals surface area contributed by atoms with Crippen LogP contribution in [0.5, 0.6) is 0 Å². The molecule has 0 aliphatic rings. The molecule has 0 saturated heterocycles. The van der Waals surface area contributed by atoms with E-state index in [1.807, 2.05) is 0 Å². The van der Waals surface area contributed by atoms with Crippen molar-refractivity contribution in [3.05, 3.63) is 0 Å². The lowest BCUT2D eigenvalue weighted by atomic mass is 10.1. The molecule has 0 rings (SSSR count). The van der Waals surface area contributed by atoms with Crippen LogP contribution in [-0.2, 0) is 0 Å². The highest BCUT2D eigenvalue weighted by Gasteiger charge is 2.35. The summed E-state index contributed by atoms with van der Waals surface area (Å²) >= 11 is 0. The second-order valence-corrected chi connectivity index (χ2v) is 20.7. The van der Waals surface area contributed by atoms with Gasteiger partial charge in [0.1, 0.15) is 0 Å². The molecule has 0 saturated carbocycles. The lowest BCUT2D eigenvalue weighted by molar-refractivity contribution is 0.554. The largest absolute Gasteiger partial charge is 0.0654 e. The molecule has 0 aliphatic carbocycles. The molecule has 47 heavy (non-hydrogen) atoms. The highest BCUT2D eigenvalue weighted by molar-refractivity contribution is 7.75. The van der Waals surface area contributed by atoms with Crippen molar-refractivity contribution >= 4 is 7.26 Å². The molecule has 0 aromatic heterocycles. The van der Waals surface area contributed by atoms with Crippen LogP contribution in [0.2, 0.25) is 0 Å². The topological polar surface area (TPSA) is 0 Å². The minimum Gasteiger partial charge on any atom is -0.0654 e. The molecule has 0 spiro atoms. The van der Waals surface area contributed by atoms with E-state index < -0.39 is 7.26 Å². The van der Waals surface area contributed by atoms with Crippen molar-refractivity contribution in [2.24, 2.45) is 0 Å². The van der Waals surface area contributed by atoms with E-state index in [0.717, 1.165) is 0 Å². The van der Waals surface area contributed by atoms with Gasteiger partial charge in [-0.2, -0.15) is 0 Å². The van der Waals surface area contributed by atoms with E-state index in [0.29, 0.717) is 0 Å². The molecule has 0 aromatic carbocycles. The Balaban J connectivity index is 4.84. The van der Waals surface area contributed by atoms with Crippen LogP contribution < -0.4 is 0 Å². The van der Waals surface area contributed by atoms with Gasteiger partial charge in [0.25, 0.3) is 0 Å². The molecule has 0 nitrogen and oxygen atoms in total. The second kappa shape index (κ2) is 40.9. The summed E-state index contributed by atoms with van der Waals surface area (Å²) in [6.45, 7) is 9.36. The molecular weight excluding hydrogens is 583 g/mol. The number of hydrogen-bond donors (Lipinski definition) is 0. The van der Waals surface area contributed by atoms with Crippen molar-refractivity contribution in [2.75, 3.05) is 24.6 Å². The average molecular weight is 680 g/mol. The van der Waals surface area contributed by atoms with Gasteiger partial charge in [-0.3, -0.25) is 0 Å². The Morgan fingerprint density at radius 3 is 0.447 bits per heavy atom. The summed E-state index contributed by atoms with van der Waals surface area (Å²) in [5.41, 5.74) is 0. The summed E-state index contributed by atoms with van der Waals surface area (Å²) in [4.78, 5) is 0. The molecule has 0 fully saturated rings. The fraction of sp³-hybridized carbons (Fsp3) is 1.00. The molecule has 0 radical (unpaired) electrons. The van der Waals surface area contributed by atoms with Crippen molar-refractivity contribution in [1.82, 2.24) is 0 Å². The summed E-state index contributed by atoms with van der Waals surface area (Å²) in [7, 11) is -0.784. The molecule has 0 bridgehead atoms. The Labute approximate surface area is 302 Å². The minimum atomic E-state index is -0.784. The molecule has 0 aliphatic heterocycles. The first-order valence-electron chi connectivity index (χ1n) is 23.1. The van der Waals surface area contributed by atoms with E-state index >= 15 is 0 Å². The molecular formula is C46H96P+. The fourth-order valence-electron chi connectivity index (χ4n) is 8.06. The molecule has 0 atom stereocenters. The number of unbranched alkanes of at least 4 members (excludes halogenated alkanes) is 34. The smallest absolute Gasteiger partial charge is 0.0594 e. The SMILES string of the molecule is CCCCCCCCCCCCC[P+](CCCCCCCCCCC)(CCCCCCCCCCC)CCCCCCCCCCC. The van der Waals surface area contributed by atoms with Crippen molar-refractivity contribution in [1.29, 1.82) is 0 Å². The van der Waals surface area contributed by atoms with Gasteiger partial charge in [-0.1, -0.05) is 220 Å². The first-order chi connectivity index (χ1) is 23.2. The Bertz CT molecular complexity index is 486. The molecule has 0 heterocycles. The van der Waals surface area contributed by atoms with Crippen molar-refractivity contribution in [3.63, 3.8) is 0 Å². The summed E-state index contributed by atoms with van der Waals surface area (Å²) in [6, 6.07) is 0. The molecule has 1 heteroatoms. The van der Waals surface area contributed by atoms with Crippen molar-refractivity contribution in [3.8, 4) is 0 Å². The van der Waals surface area contributed by atoms with Gasteiger partial charge in [0.05, 0.1) is 24.6 Å². The molecule has 0 N–H and O–H groups in total. The predicted octanol–water partition coefficient (Wildman–Crippen LogP) is 17.9. The van der Waals surface area contributed by atoms with E-state index in [1.54, 1.807) is 50.3 Å². The number of rotatable bonds is 42. The van der Waals surface area contributed by atoms with Crippen LogP contribution in [0.3, 0.4) is 0 Å².